The van der Waals surface area contributed by atoms with Gasteiger partial charge < -0.3 is 15.1 Å². The number of hydrogen-bond donors (Lipinski definition) is 1. The number of carbonyl (C=O) groups excluding carboxylic acids is 2. The Hall–Kier alpha value is -3.33. The molecule has 6 nitrogen and oxygen atoms in total. The molecule has 1 heterocycles. The van der Waals surface area contributed by atoms with Crippen molar-refractivity contribution in [2.75, 3.05) is 36.4 Å². The van der Waals surface area contributed by atoms with E-state index in [1.807, 2.05) is 18.2 Å². The van der Waals surface area contributed by atoms with Gasteiger partial charge in [0.1, 0.15) is 0 Å². The number of nitrogens with zero attached hydrogens (tertiary/aromatic N) is 3. The lowest BCUT2D eigenvalue weighted by atomic mass is 10.1. The molecule has 0 spiro atoms. The van der Waals surface area contributed by atoms with Crippen LogP contribution < -0.4 is 10.2 Å². The van der Waals surface area contributed by atoms with E-state index < -0.39 is 0 Å². The van der Waals surface area contributed by atoms with E-state index in [1.54, 1.807) is 35.2 Å². The van der Waals surface area contributed by atoms with Crippen LogP contribution in [-0.2, 0) is 0 Å². The van der Waals surface area contributed by atoms with Crippen LogP contribution in [0.3, 0.4) is 0 Å². The van der Waals surface area contributed by atoms with Gasteiger partial charge in [0, 0.05) is 43.1 Å². The molecule has 0 bridgehead atoms. The van der Waals surface area contributed by atoms with Crippen LogP contribution in [0.25, 0.3) is 0 Å². The second-order valence-corrected chi connectivity index (χ2v) is 6.20. The molecule has 3 rings (SSSR count). The normalized spacial score (nSPS) is 13.8. The average Bonchev–Trinajstić information content (AvgIpc) is 2.68. The van der Waals surface area contributed by atoms with Gasteiger partial charge in [-0.15, -0.1) is 0 Å². The fourth-order valence-corrected chi connectivity index (χ4v) is 2.96. The molecule has 2 aromatic rings. The number of nitrogens with one attached hydrogen (secondary N) is 1. The number of amides is 2. The van der Waals surface area contributed by atoms with Crippen molar-refractivity contribution < 1.29 is 9.59 Å². The molecular formula is C20H20N4O2. The molecule has 0 saturated carbocycles. The Morgan fingerprint density at radius 2 is 1.77 bits per heavy atom. The summed E-state index contributed by atoms with van der Waals surface area (Å²) in [5, 5.41) is 11.9. The molecule has 1 aliphatic rings. The third kappa shape index (κ3) is 4.01. The van der Waals surface area contributed by atoms with E-state index in [9.17, 15) is 9.59 Å². The zero-order chi connectivity index (χ0) is 18.5. The highest BCUT2D eigenvalue weighted by Crippen LogP contribution is 2.18. The van der Waals surface area contributed by atoms with Crippen LogP contribution in [-0.4, -0.2) is 42.9 Å². The molecule has 2 aromatic carbocycles. The molecule has 6 heteroatoms. The Kier molecular flexibility index (Phi) is 5.18. The van der Waals surface area contributed by atoms with Crippen LogP contribution >= 0.6 is 0 Å². The Morgan fingerprint density at radius 3 is 2.46 bits per heavy atom. The minimum absolute atomic E-state index is 0.0330. The van der Waals surface area contributed by atoms with Crippen molar-refractivity contribution in [2.24, 2.45) is 0 Å². The van der Waals surface area contributed by atoms with Gasteiger partial charge in [0.05, 0.1) is 11.6 Å². The van der Waals surface area contributed by atoms with Gasteiger partial charge in [-0.25, -0.2) is 4.79 Å². The maximum absolute atomic E-state index is 12.5. The minimum Gasteiger partial charge on any atom is -0.368 e. The molecule has 1 fully saturated rings. The highest BCUT2D eigenvalue weighted by atomic mass is 16.2. The lowest BCUT2D eigenvalue weighted by Gasteiger charge is -2.36. The number of Topliss-reactive ketones (excluding diaryl/α,β-unsaturated/α-hetero) is 1. The molecule has 0 aliphatic carbocycles. The molecule has 0 radical (unpaired) electrons. The van der Waals surface area contributed by atoms with Crippen LogP contribution in [0, 0.1) is 11.3 Å². The van der Waals surface area contributed by atoms with E-state index >= 15 is 0 Å². The van der Waals surface area contributed by atoms with Crippen molar-refractivity contribution >= 4 is 23.2 Å². The number of urea groups is 1. The Balaban J connectivity index is 1.59. The molecule has 1 aliphatic heterocycles. The van der Waals surface area contributed by atoms with Crippen LogP contribution in [0.2, 0.25) is 0 Å². The largest absolute Gasteiger partial charge is 0.368 e. The van der Waals surface area contributed by atoms with E-state index in [-0.39, 0.29) is 11.8 Å². The maximum atomic E-state index is 12.5. The Bertz CT molecular complexity index is 864. The molecule has 132 valence electrons. The first kappa shape index (κ1) is 17.5. The number of benzene rings is 2. The summed E-state index contributed by atoms with van der Waals surface area (Å²) in [7, 11) is 0. The first-order valence-corrected chi connectivity index (χ1v) is 8.49. The standard InChI is InChI=1S/C20H20N4O2/c1-15(25)17-5-3-6-18(13-17)22-20(26)24-10-8-23(9-11-24)19-7-2-4-16(12-19)14-21/h2-7,12-13H,8-11H2,1H3,(H,22,26). The lowest BCUT2D eigenvalue weighted by Crippen LogP contribution is -2.50. The molecule has 2 amide bonds. The van der Waals surface area contributed by atoms with E-state index in [0.717, 1.165) is 5.69 Å². The van der Waals surface area contributed by atoms with Crippen LogP contribution in [0.1, 0.15) is 22.8 Å². The van der Waals surface area contributed by atoms with E-state index in [0.29, 0.717) is 43.0 Å². The quantitative estimate of drug-likeness (QED) is 0.865. The monoisotopic (exact) mass is 348 g/mol. The number of ketones is 1. The first-order chi connectivity index (χ1) is 12.6. The third-order valence-electron chi connectivity index (χ3n) is 4.43. The molecule has 1 N–H and O–H groups in total. The van der Waals surface area contributed by atoms with Crippen molar-refractivity contribution in [1.29, 1.82) is 5.26 Å². The molecule has 1 saturated heterocycles. The van der Waals surface area contributed by atoms with Crippen molar-refractivity contribution in [3.63, 3.8) is 0 Å². The number of nitriles is 1. The maximum Gasteiger partial charge on any atom is 0.321 e. The summed E-state index contributed by atoms with van der Waals surface area (Å²) in [6.07, 6.45) is 0. The molecule has 26 heavy (non-hydrogen) atoms. The Labute approximate surface area is 152 Å². The number of piperazine rings is 1. The number of anilines is 2. The van der Waals surface area contributed by atoms with Gasteiger partial charge in [0.25, 0.3) is 0 Å². The average molecular weight is 348 g/mol. The minimum atomic E-state index is -0.170. The number of hydrogen-bond acceptors (Lipinski definition) is 4. The number of rotatable bonds is 3. The summed E-state index contributed by atoms with van der Waals surface area (Å²) in [6.45, 7) is 4.09. The van der Waals surface area contributed by atoms with Gasteiger partial charge in [-0.1, -0.05) is 18.2 Å². The summed E-state index contributed by atoms with van der Waals surface area (Å²) in [6, 6.07) is 16.4. The molecule has 0 aromatic heterocycles. The van der Waals surface area contributed by atoms with E-state index in [4.69, 9.17) is 5.26 Å². The highest BCUT2D eigenvalue weighted by Gasteiger charge is 2.21. The highest BCUT2D eigenvalue weighted by molar-refractivity contribution is 5.96. The summed E-state index contributed by atoms with van der Waals surface area (Å²) in [5.41, 5.74) is 2.82. The number of carbonyl (C=O) groups is 2. The third-order valence-corrected chi connectivity index (χ3v) is 4.43. The van der Waals surface area contributed by atoms with E-state index in [1.165, 1.54) is 6.92 Å². The summed E-state index contributed by atoms with van der Waals surface area (Å²) >= 11 is 0. The van der Waals surface area contributed by atoms with Gasteiger partial charge in [0.15, 0.2) is 5.78 Å². The molecule has 0 atom stereocenters. The van der Waals surface area contributed by atoms with Crippen LogP contribution in [0.15, 0.2) is 48.5 Å². The second kappa shape index (κ2) is 7.70. The second-order valence-electron chi connectivity index (χ2n) is 6.20. The predicted molar refractivity (Wildman–Crippen MR) is 100 cm³/mol. The van der Waals surface area contributed by atoms with Crippen molar-refractivity contribution in [3.05, 3.63) is 59.7 Å². The fourth-order valence-electron chi connectivity index (χ4n) is 2.96. The van der Waals surface area contributed by atoms with Gasteiger partial charge >= 0.3 is 6.03 Å². The predicted octanol–water partition coefficient (Wildman–Crippen LogP) is 3.11. The zero-order valence-electron chi connectivity index (χ0n) is 14.6. The van der Waals surface area contributed by atoms with Gasteiger partial charge in [-0.2, -0.15) is 5.26 Å². The van der Waals surface area contributed by atoms with Crippen LogP contribution in [0.4, 0.5) is 16.2 Å². The summed E-state index contributed by atoms with van der Waals surface area (Å²) < 4.78 is 0. The molecular weight excluding hydrogens is 328 g/mol. The van der Waals surface area contributed by atoms with Crippen molar-refractivity contribution in [1.82, 2.24) is 4.90 Å². The SMILES string of the molecule is CC(=O)c1cccc(NC(=O)N2CCN(c3cccc(C#N)c3)CC2)c1. The lowest BCUT2D eigenvalue weighted by molar-refractivity contribution is 0.101. The van der Waals surface area contributed by atoms with Crippen molar-refractivity contribution in [3.8, 4) is 6.07 Å². The topological polar surface area (TPSA) is 76.4 Å². The summed E-state index contributed by atoms with van der Waals surface area (Å²) in [5.74, 6) is -0.0330. The Morgan fingerprint density at radius 1 is 1.04 bits per heavy atom. The summed E-state index contributed by atoms with van der Waals surface area (Å²) in [4.78, 5) is 27.8. The van der Waals surface area contributed by atoms with Crippen molar-refractivity contribution in [2.45, 2.75) is 6.92 Å². The van der Waals surface area contributed by atoms with E-state index in [2.05, 4.69) is 16.3 Å². The fraction of sp³-hybridized carbons (Fsp3) is 0.250. The van der Waals surface area contributed by atoms with Gasteiger partial charge in [-0.05, 0) is 37.3 Å². The van der Waals surface area contributed by atoms with Gasteiger partial charge in [-0.3, -0.25) is 4.79 Å². The smallest absolute Gasteiger partial charge is 0.321 e. The molecule has 0 unspecified atom stereocenters. The first-order valence-electron chi connectivity index (χ1n) is 8.49. The van der Waals surface area contributed by atoms with Crippen LogP contribution in [0.5, 0.6) is 0 Å². The van der Waals surface area contributed by atoms with Gasteiger partial charge in [0.2, 0.25) is 0 Å². The zero-order valence-corrected chi connectivity index (χ0v) is 14.6.